The molecule has 7 heteroatoms. The number of carbonyl (C=O) groups is 1. The third-order valence-corrected chi connectivity index (χ3v) is 4.85. The Morgan fingerprint density at radius 2 is 2.13 bits per heavy atom. The molecule has 0 amide bonds. The number of esters is 1. The topological polar surface area (TPSA) is 71.2 Å². The van der Waals surface area contributed by atoms with Gasteiger partial charge in [-0.05, 0) is 45.9 Å². The molecule has 2 rings (SSSR count). The first-order chi connectivity index (χ1) is 10.7. The number of nitrogens with one attached hydrogen (secondary N) is 2. The van der Waals surface area contributed by atoms with Crippen molar-refractivity contribution in [2.24, 2.45) is 0 Å². The Labute approximate surface area is 137 Å². The van der Waals surface area contributed by atoms with Crippen LogP contribution in [0.5, 0.6) is 0 Å². The number of rotatable bonds is 5. The Morgan fingerprint density at radius 3 is 2.74 bits per heavy atom. The number of H-pyrrole nitrogens is 1. The van der Waals surface area contributed by atoms with Crippen LogP contribution in [0.25, 0.3) is 10.9 Å². The number of benzene rings is 1. The van der Waals surface area contributed by atoms with E-state index in [9.17, 15) is 13.4 Å². The van der Waals surface area contributed by atoms with Crippen molar-refractivity contribution >= 4 is 27.9 Å². The van der Waals surface area contributed by atoms with Crippen molar-refractivity contribution in [1.82, 2.24) is 9.71 Å². The van der Waals surface area contributed by atoms with Gasteiger partial charge in [-0.25, -0.2) is 18.1 Å². The Kier molecular flexibility index (Phi) is 5.21. The second-order valence-corrected chi connectivity index (χ2v) is 8.12. The summed E-state index contributed by atoms with van der Waals surface area (Å²) < 4.78 is 33.1. The summed E-state index contributed by atoms with van der Waals surface area (Å²) in [5.41, 5.74) is 1.15. The molecule has 1 aromatic carbocycles. The minimum Gasteiger partial charge on any atom is -0.465 e. The lowest BCUT2D eigenvalue weighted by atomic mass is 10.1. The maximum Gasteiger partial charge on any atom is 0.328 e. The fraction of sp³-hybridized carbons (Fsp3) is 0.438. The fourth-order valence-electron chi connectivity index (χ4n) is 2.11. The molecule has 0 aliphatic carbocycles. The summed E-state index contributed by atoms with van der Waals surface area (Å²) in [7, 11) is -1.46. The molecule has 2 atom stereocenters. The summed E-state index contributed by atoms with van der Waals surface area (Å²) in [6, 6.07) is 3.36. The van der Waals surface area contributed by atoms with Crippen LogP contribution in [0.15, 0.2) is 24.4 Å². The number of fused-ring (bicyclic) bond motifs is 1. The molecule has 1 aromatic heterocycles. The maximum atomic E-state index is 13.3. The van der Waals surface area contributed by atoms with E-state index in [0.29, 0.717) is 16.5 Å². The zero-order valence-corrected chi connectivity index (χ0v) is 14.4. The zero-order chi connectivity index (χ0) is 17.2. The summed E-state index contributed by atoms with van der Waals surface area (Å²) in [4.78, 5) is 15.2. The van der Waals surface area contributed by atoms with Crippen molar-refractivity contribution < 1.29 is 18.1 Å². The first-order valence-corrected chi connectivity index (χ1v) is 8.50. The number of carbonyl (C=O) groups excluding carboxylic acids is 1. The molecule has 0 spiro atoms. The van der Waals surface area contributed by atoms with Crippen molar-refractivity contribution in [2.45, 2.75) is 38.5 Å². The number of aromatic nitrogens is 1. The second kappa shape index (κ2) is 6.80. The summed E-state index contributed by atoms with van der Waals surface area (Å²) in [5, 5.41) is 0.683. The van der Waals surface area contributed by atoms with E-state index in [1.807, 2.05) is 20.8 Å². The molecule has 2 aromatic rings. The van der Waals surface area contributed by atoms with Crippen LogP contribution in [0.1, 0.15) is 39.3 Å². The Bertz CT molecular complexity index is 736. The zero-order valence-electron chi connectivity index (χ0n) is 13.6. The normalized spacial score (nSPS) is 14.7. The molecule has 0 saturated carbocycles. The van der Waals surface area contributed by atoms with Crippen molar-refractivity contribution in [1.29, 1.82) is 0 Å². The van der Waals surface area contributed by atoms with E-state index in [4.69, 9.17) is 4.74 Å². The molecular formula is C16H21FN2O3S. The van der Waals surface area contributed by atoms with Crippen LogP contribution in [0, 0.1) is 5.82 Å². The molecule has 0 unspecified atom stereocenters. The summed E-state index contributed by atoms with van der Waals surface area (Å²) in [5.74, 6) is -0.889. The van der Waals surface area contributed by atoms with Crippen molar-refractivity contribution in [3.8, 4) is 0 Å². The van der Waals surface area contributed by atoms with Gasteiger partial charge in [-0.3, -0.25) is 0 Å². The first kappa shape index (κ1) is 17.6. The van der Waals surface area contributed by atoms with Gasteiger partial charge < -0.3 is 9.72 Å². The van der Waals surface area contributed by atoms with E-state index in [1.165, 1.54) is 12.1 Å². The van der Waals surface area contributed by atoms with Gasteiger partial charge in [0.2, 0.25) is 0 Å². The minimum atomic E-state index is -1.46. The highest BCUT2D eigenvalue weighted by molar-refractivity contribution is 7.84. The minimum absolute atomic E-state index is 0.218. The smallest absolute Gasteiger partial charge is 0.328 e. The number of halogens is 1. The highest BCUT2D eigenvalue weighted by Crippen LogP contribution is 2.27. The lowest BCUT2D eigenvalue weighted by Gasteiger charge is -2.23. The predicted molar refractivity (Wildman–Crippen MR) is 88.7 cm³/mol. The van der Waals surface area contributed by atoms with Crippen molar-refractivity contribution in [3.05, 3.63) is 35.8 Å². The number of hydrogen-bond acceptors (Lipinski definition) is 3. The van der Waals surface area contributed by atoms with Gasteiger partial charge in [0.15, 0.2) is 0 Å². The van der Waals surface area contributed by atoms with Crippen molar-refractivity contribution in [2.75, 3.05) is 6.61 Å². The monoisotopic (exact) mass is 340 g/mol. The van der Waals surface area contributed by atoms with Gasteiger partial charge in [0.1, 0.15) is 11.9 Å². The lowest BCUT2D eigenvalue weighted by molar-refractivity contribution is -0.145. The van der Waals surface area contributed by atoms with Crippen LogP contribution < -0.4 is 4.72 Å². The van der Waals surface area contributed by atoms with Crippen LogP contribution in [-0.2, 0) is 20.5 Å². The van der Waals surface area contributed by atoms with Crippen molar-refractivity contribution in [3.63, 3.8) is 0 Å². The Morgan fingerprint density at radius 1 is 1.43 bits per heavy atom. The molecule has 0 aliphatic heterocycles. The number of ether oxygens (including phenoxy) is 1. The van der Waals surface area contributed by atoms with Crippen LogP contribution in [0.4, 0.5) is 4.39 Å². The third-order valence-electron chi connectivity index (χ3n) is 3.29. The Hall–Kier alpha value is -1.73. The molecule has 5 nitrogen and oxygen atoms in total. The largest absolute Gasteiger partial charge is 0.465 e. The van der Waals surface area contributed by atoms with E-state index in [0.717, 1.165) is 0 Å². The van der Waals surface area contributed by atoms with Gasteiger partial charge in [0, 0.05) is 22.7 Å². The van der Waals surface area contributed by atoms with Gasteiger partial charge in [-0.2, -0.15) is 0 Å². The molecule has 0 aliphatic rings. The lowest BCUT2D eigenvalue weighted by Crippen LogP contribution is -2.39. The number of hydrogen-bond donors (Lipinski definition) is 2. The average molecular weight is 340 g/mol. The van der Waals surface area contributed by atoms with Crippen LogP contribution in [-0.4, -0.2) is 26.5 Å². The molecule has 2 N–H and O–H groups in total. The van der Waals surface area contributed by atoms with Gasteiger partial charge in [-0.15, -0.1) is 0 Å². The molecule has 23 heavy (non-hydrogen) atoms. The van der Waals surface area contributed by atoms with Crippen LogP contribution in [0.2, 0.25) is 0 Å². The molecule has 0 bridgehead atoms. The SMILES string of the molecule is CCOC(=O)[C@@H](N[S@@](=O)C(C)(C)C)c1c[nH]c2cc(F)ccc12. The molecular weight excluding hydrogens is 319 g/mol. The summed E-state index contributed by atoms with van der Waals surface area (Å²) >= 11 is 0. The van der Waals surface area contributed by atoms with Crippen LogP contribution >= 0.6 is 0 Å². The highest BCUT2D eigenvalue weighted by atomic mass is 32.2. The highest BCUT2D eigenvalue weighted by Gasteiger charge is 2.30. The first-order valence-electron chi connectivity index (χ1n) is 7.35. The standard InChI is InChI=1S/C16H21FN2O3S/c1-5-22-15(20)14(19-23(21)16(2,3)4)12-9-18-13-8-10(17)6-7-11(12)13/h6-9,14,18-19H,5H2,1-4H3/t14-,23-/m0/s1. The molecule has 0 saturated heterocycles. The van der Waals surface area contributed by atoms with Crippen LogP contribution in [0.3, 0.4) is 0 Å². The quantitative estimate of drug-likeness (QED) is 0.822. The van der Waals surface area contributed by atoms with E-state index >= 15 is 0 Å². The number of aromatic amines is 1. The Balaban J connectivity index is 2.43. The second-order valence-electron chi connectivity index (χ2n) is 6.12. The molecule has 0 fully saturated rings. The molecule has 126 valence electrons. The van der Waals surface area contributed by atoms with Gasteiger partial charge in [0.05, 0.1) is 22.3 Å². The summed E-state index contributed by atoms with van der Waals surface area (Å²) in [6.45, 7) is 7.35. The van der Waals surface area contributed by atoms with E-state index < -0.39 is 27.7 Å². The molecule has 1 heterocycles. The average Bonchev–Trinajstić information content (AvgIpc) is 2.86. The van der Waals surface area contributed by atoms with Gasteiger partial charge in [0.25, 0.3) is 0 Å². The fourth-order valence-corrected chi connectivity index (χ4v) is 2.90. The van der Waals surface area contributed by atoms with E-state index in [1.54, 1.807) is 19.2 Å². The van der Waals surface area contributed by atoms with E-state index in [2.05, 4.69) is 9.71 Å². The predicted octanol–water partition coefficient (Wildman–Crippen LogP) is 2.96. The van der Waals surface area contributed by atoms with Gasteiger partial charge in [-0.1, -0.05) is 0 Å². The third kappa shape index (κ3) is 3.97. The maximum absolute atomic E-state index is 13.3. The van der Waals surface area contributed by atoms with E-state index in [-0.39, 0.29) is 12.4 Å². The molecule has 0 radical (unpaired) electrons. The van der Waals surface area contributed by atoms with Gasteiger partial charge >= 0.3 is 5.97 Å². The summed E-state index contributed by atoms with van der Waals surface area (Å²) in [6.07, 6.45) is 1.61.